The molecule has 3 rings (SSSR count). The van der Waals surface area contributed by atoms with E-state index in [0.29, 0.717) is 0 Å². The van der Waals surface area contributed by atoms with Crippen molar-refractivity contribution in [2.45, 2.75) is 18.2 Å². The van der Waals surface area contributed by atoms with E-state index in [0.717, 1.165) is 41.0 Å². The molecule has 1 atom stereocenters. The van der Waals surface area contributed by atoms with Gasteiger partial charge in [0.15, 0.2) is 0 Å². The number of nitrogens with one attached hydrogen (secondary N) is 1. The van der Waals surface area contributed by atoms with Crippen LogP contribution < -0.4 is 5.32 Å². The zero-order chi connectivity index (χ0) is 13.4. The summed E-state index contributed by atoms with van der Waals surface area (Å²) in [6.45, 7) is 2.65. The Morgan fingerprint density at radius 2 is 2.16 bits per heavy atom. The van der Waals surface area contributed by atoms with Crippen molar-refractivity contribution in [1.82, 2.24) is 5.32 Å². The highest BCUT2D eigenvalue weighted by atomic mass is 79.9. The smallest absolute Gasteiger partial charge is 0.251 e. The van der Waals surface area contributed by atoms with Gasteiger partial charge in [-0.05, 0) is 36.6 Å². The molecule has 1 aliphatic heterocycles. The molecule has 0 saturated heterocycles. The maximum Gasteiger partial charge on any atom is 0.251 e. The first kappa shape index (κ1) is 12.5. The lowest BCUT2D eigenvalue weighted by Crippen LogP contribution is -2.31. The van der Waals surface area contributed by atoms with Gasteiger partial charge in [-0.25, -0.2) is 0 Å². The van der Waals surface area contributed by atoms with Gasteiger partial charge in [0.25, 0.3) is 5.91 Å². The lowest BCUT2D eigenvalue weighted by molar-refractivity contribution is 0.0946. The van der Waals surface area contributed by atoms with Crippen LogP contribution in [0.15, 0.2) is 34.9 Å². The van der Waals surface area contributed by atoms with Crippen molar-refractivity contribution in [1.29, 1.82) is 0 Å². The highest BCUT2D eigenvalue weighted by Crippen LogP contribution is 2.33. The Labute approximate surface area is 120 Å². The fourth-order valence-corrected chi connectivity index (χ4v) is 2.90. The first-order valence-electron chi connectivity index (χ1n) is 6.25. The van der Waals surface area contributed by atoms with E-state index in [1.165, 1.54) is 0 Å². The summed E-state index contributed by atoms with van der Waals surface area (Å²) in [5, 5.41) is 2.88. The zero-order valence-corrected chi connectivity index (χ0v) is 12.2. The fourth-order valence-electron chi connectivity index (χ4n) is 2.38. The Kier molecular flexibility index (Phi) is 3.19. The van der Waals surface area contributed by atoms with Crippen LogP contribution in [0.25, 0.3) is 0 Å². The van der Waals surface area contributed by atoms with E-state index in [9.17, 15) is 4.79 Å². The first-order chi connectivity index (χ1) is 9.15. The topological polar surface area (TPSA) is 42.2 Å². The number of alkyl halides is 1. The summed E-state index contributed by atoms with van der Waals surface area (Å²) in [6.07, 6.45) is 2.65. The molecule has 1 aromatic carbocycles. The number of fused-ring (bicyclic) bond motifs is 1. The molecule has 2 heterocycles. The minimum Gasteiger partial charge on any atom is -0.469 e. The van der Waals surface area contributed by atoms with Gasteiger partial charge in [0.05, 0.1) is 11.1 Å². The summed E-state index contributed by atoms with van der Waals surface area (Å²) in [5.74, 6) is 0.904. The van der Waals surface area contributed by atoms with Gasteiger partial charge in [0.2, 0.25) is 0 Å². The van der Waals surface area contributed by atoms with Crippen LogP contribution in [-0.4, -0.2) is 12.5 Å². The summed E-state index contributed by atoms with van der Waals surface area (Å²) in [4.78, 5) is 11.9. The van der Waals surface area contributed by atoms with Crippen LogP contribution in [-0.2, 0) is 6.42 Å². The van der Waals surface area contributed by atoms with Crippen molar-refractivity contribution >= 4 is 21.8 Å². The lowest BCUT2D eigenvalue weighted by Gasteiger charge is -2.18. The summed E-state index contributed by atoms with van der Waals surface area (Å²) < 4.78 is 5.33. The molecular formula is C15H14BrNO2. The Morgan fingerprint density at radius 3 is 2.89 bits per heavy atom. The van der Waals surface area contributed by atoms with E-state index in [4.69, 9.17) is 4.42 Å². The van der Waals surface area contributed by atoms with Crippen molar-refractivity contribution < 1.29 is 9.21 Å². The standard InChI is InChI=1S/C15H14BrNO2/c1-9-6-12(8-19-9)14(16)11-3-2-10-4-5-17-15(18)13(10)7-11/h2-3,6-8,14H,4-5H2,1H3,(H,17,18). The van der Waals surface area contributed by atoms with E-state index >= 15 is 0 Å². The van der Waals surface area contributed by atoms with Gasteiger partial charge in [-0.2, -0.15) is 0 Å². The van der Waals surface area contributed by atoms with Crippen LogP contribution in [0.5, 0.6) is 0 Å². The summed E-state index contributed by atoms with van der Waals surface area (Å²) in [7, 11) is 0. The minimum atomic E-state index is 0.0196. The van der Waals surface area contributed by atoms with Gasteiger partial charge >= 0.3 is 0 Å². The third kappa shape index (κ3) is 2.32. The van der Waals surface area contributed by atoms with Gasteiger partial charge in [-0.1, -0.05) is 28.1 Å². The van der Waals surface area contributed by atoms with Gasteiger partial charge in [-0.3, -0.25) is 4.79 Å². The number of halogens is 1. The number of carbonyl (C=O) groups is 1. The quantitative estimate of drug-likeness (QED) is 0.862. The van der Waals surface area contributed by atoms with Gasteiger partial charge in [0.1, 0.15) is 5.76 Å². The van der Waals surface area contributed by atoms with E-state index in [2.05, 4.69) is 27.3 Å². The molecule has 0 aliphatic carbocycles. The number of aryl methyl sites for hydroxylation is 1. The fraction of sp³-hybridized carbons (Fsp3) is 0.267. The monoisotopic (exact) mass is 319 g/mol. The van der Waals surface area contributed by atoms with E-state index < -0.39 is 0 Å². The molecule has 4 heteroatoms. The second kappa shape index (κ2) is 4.85. The average molecular weight is 320 g/mol. The van der Waals surface area contributed by atoms with Crippen LogP contribution in [0.4, 0.5) is 0 Å². The first-order valence-corrected chi connectivity index (χ1v) is 7.17. The van der Waals surface area contributed by atoms with Gasteiger partial charge in [-0.15, -0.1) is 0 Å². The maximum absolute atomic E-state index is 11.9. The molecule has 1 aromatic heterocycles. The SMILES string of the molecule is Cc1cc(C(Br)c2ccc3c(c2)C(=O)NCC3)co1. The van der Waals surface area contributed by atoms with E-state index in [-0.39, 0.29) is 10.7 Å². The third-order valence-electron chi connectivity index (χ3n) is 3.39. The third-order valence-corrected chi connectivity index (χ3v) is 4.45. The maximum atomic E-state index is 11.9. The van der Waals surface area contributed by atoms with Crippen LogP contribution in [0, 0.1) is 6.92 Å². The largest absolute Gasteiger partial charge is 0.469 e. The van der Waals surface area contributed by atoms with Crippen LogP contribution in [0.1, 0.15) is 37.6 Å². The Balaban J connectivity index is 1.97. The molecule has 0 spiro atoms. The molecule has 0 saturated carbocycles. The Hall–Kier alpha value is -1.55. The predicted octanol–water partition coefficient (Wildman–Crippen LogP) is 3.36. The number of rotatable bonds is 2. The second-order valence-electron chi connectivity index (χ2n) is 4.78. The van der Waals surface area contributed by atoms with Crippen molar-refractivity contribution in [2.75, 3.05) is 6.54 Å². The van der Waals surface area contributed by atoms with Crippen molar-refractivity contribution in [3.8, 4) is 0 Å². The molecule has 1 unspecified atom stereocenters. The molecule has 1 amide bonds. The van der Waals surface area contributed by atoms with Gasteiger partial charge < -0.3 is 9.73 Å². The molecule has 19 heavy (non-hydrogen) atoms. The highest BCUT2D eigenvalue weighted by Gasteiger charge is 2.20. The highest BCUT2D eigenvalue weighted by molar-refractivity contribution is 9.09. The van der Waals surface area contributed by atoms with Crippen LogP contribution in [0.2, 0.25) is 0 Å². The number of hydrogen-bond donors (Lipinski definition) is 1. The molecule has 98 valence electrons. The molecular weight excluding hydrogens is 306 g/mol. The molecule has 0 radical (unpaired) electrons. The predicted molar refractivity (Wildman–Crippen MR) is 76.7 cm³/mol. The molecule has 1 aliphatic rings. The summed E-state index contributed by atoms with van der Waals surface area (Å²) >= 11 is 3.66. The van der Waals surface area contributed by atoms with Crippen molar-refractivity contribution in [2.24, 2.45) is 0 Å². The number of carbonyl (C=O) groups excluding carboxylic acids is 1. The molecule has 0 bridgehead atoms. The van der Waals surface area contributed by atoms with Gasteiger partial charge in [0, 0.05) is 17.7 Å². The van der Waals surface area contributed by atoms with Crippen molar-refractivity contribution in [3.63, 3.8) is 0 Å². The Bertz CT molecular complexity index is 633. The lowest BCUT2D eigenvalue weighted by atomic mass is 9.96. The number of benzene rings is 1. The molecule has 3 nitrogen and oxygen atoms in total. The van der Waals surface area contributed by atoms with E-state index in [1.807, 2.05) is 25.1 Å². The van der Waals surface area contributed by atoms with Crippen LogP contribution >= 0.6 is 15.9 Å². The second-order valence-corrected chi connectivity index (χ2v) is 5.69. The summed E-state index contributed by atoms with van der Waals surface area (Å²) in [6, 6.07) is 8.08. The zero-order valence-electron chi connectivity index (χ0n) is 10.6. The molecule has 2 aromatic rings. The van der Waals surface area contributed by atoms with Crippen molar-refractivity contribution in [3.05, 3.63) is 58.5 Å². The van der Waals surface area contributed by atoms with E-state index in [1.54, 1.807) is 6.26 Å². The molecule has 0 fully saturated rings. The number of hydrogen-bond acceptors (Lipinski definition) is 2. The number of furan rings is 1. The summed E-state index contributed by atoms with van der Waals surface area (Å²) in [5.41, 5.74) is 4.04. The number of amides is 1. The van der Waals surface area contributed by atoms with Crippen LogP contribution in [0.3, 0.4) is 0 Å². The normalized spacial score (nSPS) is 15.8. The molecule has 1 N–H and O–H groups in total. The average Bonchev–Trinajstić information content (AvgIpc) is 2.85. The minimum absolute atomic E-state index is 0.0196. The Morgan fingerprint density at radius 1 is 1.32 bits per heavy atom.